The molecule has 0 aliphatic rings. The number of ether oxygens (including phenoxy) is 1. The third-order valence-electron chi connectivity index (χ3n) is 1.57. The fourth-order valence-electron chi connectivity index (χ4n) is 0.920. The fraction of sp³-hybridized carbons (Fsp3) is 0.625. The minimum absolute atomic E-state index is 0.160. The molecule has 0 saturated carbocycles. The smallest absolute Gasteiger partial charge is 0.228 e. The van der Waals surface area contributed by atoms with Gasteiger partial charge in [0.25, 0.3) is 0 Å². The highest BCUT2D eigenvalue weighted by atomic mass is 35.5. The molecule has 7 heteroatoms. The van der Waals surface area contributed by atoms with Crippen molar-refractivity contribution >= 4 is 23.5 Å². The molecule has 0 aliphatic carbocycles. The third kappa shape index (κ3) is 4.26. The highest BCUT2D eigenvalue weighted by molar-refractivity contribution is 6.28. The number of nitrogens with zero attached hydrogens (tertiary/aromatic N) is 3. The number of aromatic nitrogens is 3. The van der Waals surface area contributed by atoms with E-state index >= 15 is 0 Å². The molecule has 0 fully saturated rings. The normalized spacial score (nSPS) is 10.1. The van der Waals surface area contributed by atoms with Gasteiger partial charge < -0.3 is 15.4 Å². The Morgan fingerprint density at radius 3 is 2.67 bits per heavy atom. The van der Waals surface area contributed by atoms with E-state index in [1.165, 1.54) is 0 Å². The van der Waals surface area contributed by atoms with E-state index in [1.807, 2.05) is 6.92 Å². The van der Waals surface area contributed by atoms with Crippen LogP contribution in [0.25, 0.3) is 0 Å². The number of hydrogen-bond acceptors (Lipinski definition) is 6. The number of halogens is 1. The second-order valence-corrected chi connectivity index (χ2v) is 2.96. The Hall–Kier alpha value is -1.14. The molecule has 0 aliphatic heterocycles. The molecule has 0 spiro atoms. The summed E-state index contributed by atoms with van der Waals surface area (Å²) in [6, 6.07) is 0. The van der Waals surface area contributed by atoms with Crippen molar-refractivity contribution in [3.05, 3.63) is 5.28 Å². The molecule has 1 aromatic rings. The molecule has 15 heavy (non-hydrogen) atoms. The maximum absolute atomic E-state index is 5.70. The molecule has 0 atom stereocenters. The fourth-order valence-corrected chi connectivity index (χ4v) is 1.08. The summed E-state index contributed by atoms with van der Waals surface area (Å²) in [4.78, 5) is 11.8. The molecule has 0 bridgehead atoms. The molecule has 2 N–H and O–H groups in total. The lowest BCUT2D eigenvalue weighted by Gasteiger charge is -2.06. The molecular weight excluding hydrogens is 218 g/mol. The predicted octanol–water partition coefficient (Wildman–Crippen LogP) is 1.02. The minimum atomic E-state index is 0.160. The van der Waals surface area contributed by atoms with Crippen LogP contribution >= 0.6 is 11.6 Å². The van der Waals surface area contributed by atoms with Gasteiger partial charge in [-0.3, -0.25) is 0 Å². The summed E-state index contributed by atoms with van der Waals surface area (Å²) >= 11 is 5.70. The molecule has 0 saturated heterocycles. The van der Waals surface area contributed by atoms with Crippen LogP contribution in [0, 0.1) is 0 Å². The van der Waals surface area contributed by atoms with Gasteiger partial charge in [-0.05, 0) is 18.5 Å². The topological polar surface area (TPSA) is 72.0 Å². The summed E-state index contributed by atoms with van der Waals surface area (Å²) < 4.78 is 5.16. The summed E-state index contributed by atoms with van der Waals surface area (Å²) in [6.07, 6.45) is 0. The first kappa shape index (κ1) is 11.9. The van der Waals surface area contributed by atoms with Gasteiger partial charge in [0.2, 0.25) is 17.2 Å². The predicted molar refractivity (Wildman–Crippen MR) is 59.4 cm³/mol. The lowest BCUT2D eigenvalue weighted by Crippen LogP contribution is -2.12. The molecule has 1 rings (SSSR count). The Bertz CT molecular complexity index is 309. The van der Waals surface area contributed by atoms with Crippen LogP contribution in [-0.4, -0.2) is 41.8 Å². The summed E-state index contributed by atoms with van der Waals surface area (Å²) in [5, 5.41) is 5.94. The Kier molecular flexibility index (Phi) is 5.06. The van der Waals surface area contributed by atoms with E-state index in [4.69, 9.17) is 16.3 Å². The molecule has 0 unspecified atom stereocenters. The molecular formula is C8H14ClN5O. The number of hydrogen-bond donors (Lipinski definition) is 2. The SMILES string of the molecule is CCOCCNc1nc(Cl)nc(NC)n1. The van der Waals surface area contributed by atoms with Crippen molar-refractivity contribution in [3.63, 3.8) is 0 Å². The Balaban J connectivity index is 2.49. The second-order valence-electron chi connectivity index (χ2n) is 2.63. The van der Waals surface area contributed by atoms with Gasteiger partial charge in [0.05, 0.1) is 6.61 Å². The zero-order chi connectivity index (χ0) is 11.1. The molecule has 6 nitrogen and oxygen atoms in total. The standard InChI is InChI=1S/C8H14ClN5O/c1-3-15-5-4-11-8-13-6(9)12-7(10-2)14-8/h3-5H2,1-2H3,(H2,10,11,12,13,14). The monoisotopic (exact) mass is 231 g/mol. The quantitative estimate of drug-likeness (QED) is 0.713. The van der Waals surface area contributed by atoms with Crippen LogP contribution in [0.1, 0.15) is 6.92 Å². The highest BCUT2D eigenvalue weighted by Gasteiger charge is 2.02. The van der Waals surface area contributed by atoms with Crippen LogP contribution in [0.15, 0.2) is 0 Å². The zero-order valence-electron chi connectivity index (χ0n) is 8.75. The lowest BCUT2D eigenvalue weighted by atomic mass is 10.6. The van der Waals surface area contributed by atoms with Crippen LogP contribution in [0.3, 0.4) is 0 Å². The maximum atomic E-state index is 5.70. The first-order chi connectivity index (χ1) is 7.26. The van der Waals surface area contributed by atoms with Crippen molar-refractivity contribution < 1.29 is 4.74 Å². The van der Waals surface area contributed by atoms with E-state index in [1.54, 1.807) is 7.05 Å². The van der Waals surface area contributed by atoms with Crippen LogP contribution in [0.2, 0.25) is 5.28 Å². The van der Waals surface area contributed by atoms with E-state index in [2.05, 4.69) is 25.6 Å². The highest BCUT2D eigenvalue weighted by Crippen LogP contribution is 2.08. The maximum Gasteiger partial charge on any atom is 0.228 e. The third-order valence-corrected chi connectivity index (χ3v) is 1.73. The van der Waals surface area contributed by atoms with Crippen molar-refractivity contribution in [3.8, 4) is 0 Å². The zero-order valence-corrected chi connectivity index (χ0v) is 9.51. The summed E-state index contributed by atoms with van der Waals surface area (Å²) in [6.45, 7) is 3.88. The summed E-state index contributed by atoms with van der Waals surface area (Å²) in [7, 11) is 1.72. The van der Waals surface area contributed by atoms with E-state index in [9.17, 15) is 0 Å². The van der Waals surface area contributed by atoms with Gasteiger partial charge in [-0.25, -0.2) is 0 Å². The molecule has 0 amide bonds. The van der Waals surface area contributed by atoms with E-state index in [-0.39, 0.29) is 5.28 Å². The molecule has 1 heterocycles. The number of anilines is 2. The molecule has 0 radical (unpaired) electrons. The Morgan fingerprint density at radius 2 is 2.00 bits per heavy atom. The Labute approximate surface area is 93.4 Å². The van der Waals surface area contributed by atoms with Gasteiger partial charge in [0.15, 0.2) is 0 Å². The van der Waals surface area contributed by atoms with Crippen LogP contribution in [0.5, 0.6) is 0 Å². The van der Waals surface area contributed by atoms with Gasteiger partial charge in [0.1, 0.15) is 0 Å². The van der Waals surface area contributed by atoms with Crippen molar-refractivity contribution in [2.45, 2.75) is 6.92 Å². The first-order valence-electron chi connectivity index (χ1n) is 4.67. The van der Waals surface area contributed by atoms with E-state index in [0.717, 1.165) is 0 Å². The largest absolute Gasteiger partial charge is 0.380 e. The van der Waals surface area contributed by atoms with Crippen molar-refractivity contribution in [1.29, 1.82) is 0 Å². The van der Waals surface area contributed by atoms with Gasteiger partial charge in [-0.1, -0.05) is 0 Å². The van der Waals surface area contributed by atoms with Crippen LogP contribution in [-0.2, 0) is 4.74 Å². The van der Waals surface area contributed by atoms with E-state index in [0.29, 0.717) is 31.7 Å². The lowest BCUT2D eigenvalue weighted by molar-refractivity contribution is 0.158. The first-order valence-corrected chi connectivity index (χ1v) is 5.05. The summed E-state index contributed by atoms with van der Waals surface area (Å²) in [5.74, 6) is 0.882. The molecule has 0 aromatic carbocycles. The van der Waals surface area contributed by atoms with Crippen LogP contribution in [0.4, 0.5) is 11.9 Å². The number of rotatable bonds is 6. The van der Waals surface area contributed by atoms with Gasteiger partial charge in [-0.2, -0.15) is 15.0 Å². The van der Waals surface area contributed by atoms with Gasteiger partial charge in [-0.15, -0.1) is 0 Å². The second kappa shape index (κ2) is 6.36. The Morgan fingerprint density at radius 1 is 1.27 bits per heavy atom. The average molecular weight is 232 g/mol. The van der Waals surface area contributed by atoms with Crippen molar-refractivity contribution in [1.82, 2.24) is 15.0 Å². The minimum Gasteiger partial charge on any atom is -0.380 e. The van der Waals surface area contributed by atoms with Gasteiger partial charge in [0, 0.05) is 20.2 Å². The number of nitrogens with one attached hydrogen (secondary N) is 2. The van der Waals surface area contributed by atoms with E-state index < -0.39 is 0 Å². The summed E-state index contributed by atoms with van der Waals surface area (Å²) in [5.41, 5.74) is 0. The molecule has 84 valence electrons. The van der Waals surface area contributed by atoms with Crippen molar-refractivity contribution in [2.75, 3.05) is 37.4 Å². The van der Waals surface area contributed by atoms with Crippen LogP contribution < -0.4 is 10.6 Å². The van der Waals surface area contributed by atoms with Gasteiger partial charge >= 0.3 is 0 Å². The average Bonchev–Trinajstić information content (AvgIpc) is 2.23. The molecule has 1 aromatic heterocycles. The van der Waals surface area contributed by atoms with Crippen molar-refractivity contribution in [2.24, 2.45) is 0 Å².